The van der Waals surface area contributed by atoms with Crippen LogP contribution in [-0.2, 0) is 10.6 Å². The number of aromatic nitrogens is 4. The van der Waals surface area contributed by atoms with Crippen molar-refractivity contribution in [3.63, 3.8) is 0 Å². The number of nitrogens with zero attached hydrogens (tertiary/aromatic N) is 6. The number of benzene rings is 4. The van der Waals surface area contributed by atoms with E-state index in [-0.39, 0.29) is 5.25 Å². The number of hydrogen-bond acceptors (Lipinski definition) is 7. The molecule has 0 radical (unpaired) electrons. The first-order chi connectivity index (χ1) is 21.5. The van der Waals surface area contributed by atoms with E-state index in [2.05, 4.69) is 58.3 Å². The Kier molecular flexibility index (Phi) is 6.59. The quantitative estimate of drug-likeness (QED) is 0.193. The summed E-state index contributed by atoms with van der Waals surface area (Å²) in [5, 5.41) is 11.5. The van der Waals surface area contributed by atoms with Gasteiger partial charge < -0.3 is 4.84 Å². The highest BCUT2D eigenvalue weighted by atomic mass is 35.5. The summed E-state index contributed by atoms with van der Waals surface area (Å²) in [5.74, 6) is 1.43. The molecule has 7 nitrogen and oxygen atoms in total. The van der Waals surface area contributed by atoms with Gasteiger partial charge in [-0.25, -0.2) is 14.6 Å². The molecule has 2 aliphatic heterocycles. The third-order valence-electron chi connectivity index (χ3n) is 8.05. The second kappa shape index (κ2) is 10.7. The Morgan fingerprint density at radius 3 is 2.45 bits per heavy atom. The second-order valence-electron chi connectivity index (χ2n) is 10.9. The highest BCUT2D eigenvalue weighted by Crippen LogP contribution is 2.57. The highest BCUT2D eigenvalue weighted by molar-refractivity contribution is 7.99. The number of amidine groups is 1. The zero-order chi connectivity index (χ0) is 29.8. The van der Waals surface area contributed by atoms with Crippen molar-refractivity contribution >= 4 is 57.4 Å². The molecular formula is C34H24Cl2N6OS. The number of rotatable bonds is 4. The molecule has 0 amide bonds. The predicted octanol–water partition coefficient (Wildman–Crippen LogP) is 8.72. The summed E-state index contributed by atoms with van der Waals surface area (Å²) < 4.78 is 1.74. The molecule has 2 aliphatic rings. The van der Waals surface area contributed by atoms with Crippen LogP contribution in [0.3, 0.4) is 0 Å². The Labute approximate surface area is 268 Å². The first kappa shape index (κ1) is 27.2. The van der Waals surface area contributed by atoms with Crippen LogP contribution in [0, 0.1) is 6.92 Å². The van der Waals surface area contributed by atoms with Crippen LogP contribution < -0.4 is 4.90 Å². The zero-order valence-corrected chi connectivity index (χ0v) is 25.8. The van der Waals surface area contributed by atoms with Crippen molar-refractivity contribution in [3.8, 4) is 5.82 Å². The van der Waals surface area contributed by atoms with Crippen LogP contribution in [0.15, 0.2) is 120 Å². The van der Waals surface area contributed by atoms with Gasteiger partial charge in [0.25, 0.3) is 0 Å². The number of para-hydroxylation sites is 1. The van der Waals surface area contributed by atoms with E-state index in [4.69, 9.17) is 38.2 Å². The van der Waals surface area contributed by atoms with Gasteiger partial charge in [-0.1, -0.05) is 64.3 Å². The fraction of sp³-hybridized carbons (Fsp3) is 0.118. The average molecular weight is 636 g/mol. The number of fused-ring (bicyclic) bond motifs is 4. The van der Waals surface area contributed by atoms with Crippen molar-refractivity contribution in [1.82, 2.24) is 19.7 Å². The van der Waals surface area contributed by atoms with Crippen LogP contribution in [0.4, 0.5) is 5.69 Å². The maximum absolute atomic E-state index is 6.66. The molecule has 0 aliphatic carbocycles. The van der Waals surface area contributed by atoms with E-state index in [1.54, 1.807) is 22.8 Å². The number of anilines is 1. The molecule has 4 heterocycles. The van der Waals surface area contributed by atoms with Crippen molar-refractivity contribution in [2.75, 3.05) is 4.90 Å². The van der Waals surface area contributed by atoms with Gasteiger partial charge in [-0.15, -0.1) is 11.8 Å². The number of halogens is 2. The van der Waals surface area contributed by atoms with E-state index < -0.39 is 5.72 Å². The molecule has 44 heavy (non-hydrogen) atoms. The van der Waals surface area contributed by atoms with Gasteiger partial charge >= 0.3 is 0 Å². The SMILES string of the molecule is Cc1ccc2nc(-n3cncn3)c(C3CC4(c5ccc(Cl)cc5)ON=C(c5ccc(Cl)cc5)N4c4ccccc4S3)cc2c1. The van der Waals surface area contributed by atoms with Gasteiger partial charge in [-0.3, -0.25) is 4.90 Å². The van der Waals surface area contributed by atoms with Crippen molar-refractivity contribution in [3.05, 3.63) is 142 Å². The number of oxime groups is 1. The van der Waals surface area contributed by atoms with Crippen LogP contribution in [0.25, 0.3) is 16.7 Å². The van der Waals surface area contributed by atoms with Crippen LogP contribution in [-0.4, -0.2) is 25.6 Å². The molecule has 216 valence electrons. The van der Waals surface area contributed by atoms with Gasteiger partial charge in [-0.05, 0) is 73.7 Å². The minimum atomic E-state index is -0.995. The predicted molar refractivity (Wildman–Crippen MR) is 176 cm³/mol. The molecule has 0 fully saturated rings. The Bertz CT molecular complexity index is 2050. The van der Waals surface area contributed by atoms with E-state index in [9.17, 15) is 0 Å². The molecule has 0 spiro atoms. The molecule has 0 saturated carbocycles. The largest absolute Gasteiger partial charge is 0.360 e. The Morgan fingerprint density at radius 1 is 0.909 bits per heavy atom. The summed E-state index contributed by atoms with van der Waals surface area (Å²) in [7, 11) is 0. The molecule has 4 aromatic carbocycles. The Hall–Kier alpha value is -4.37. The average Bonchev–Trinajstić information content (AvgIpc) is 3.68. The lowest BCUT2D eigenvalue weighted by atomic mass is 9.91. The summed E-state index contributed by atoms with van der Waals surface area (Å²) >= 11 is 14.5. The first-order valence-electron chi connectivity index (χ1n) is 14.1. The molecule has 6 aromatic rings. The summed E-state index contributed by atoms with van der Waals surface area (Å²) in [6.07, 6.45) is 3.76. The number of hydrogen-bond donors (Lipinski definition) is 0. The fourth-order valence-electron chi connectivity index (χ4n) is 6.00. The first-order valence-corrected chi connectivity index (χ1v) is 15.7. The van der Waals surface area contributed by atoms with Crippen LogP contribution in [0.1, 0.15) is 33.9 Å². The lowest BCUT2D eigenvalue weighted by Crippen LogP contribution is -2.47. The van der Waals surface area contributed by atoms with Crippen LogP contribution >= 0.6 is 35.0 Å². The molecule has 2 aromatic heterocycles. The van der Waals surface area contributed by atoms with Crippen molar-refractivity contribution < 1.29 is 4.84 Å². The fourth-order valence-corrected chi connectivity index (χ4v) is 7.61. The summed E-state index contributed by atoms with van der Waals surface area (Å²) in [4.78, 5) is 19.3. The maximum Gasteiger partial charge on any atom is 0.242 e. The lowest BCUT2D eigenvalue weighted by molar-refractivity contribution is -0.0283. The zero-order valence-electron chi connectivity index (χ0n) is 23.4. The number of pyridine rings is 1. The molecule has 0 bridgehead atoms. The third-order valence-corrected chi connectivity index (χ3v) is 9.86. The molecule has 0 saturated heterocycles. The molecule has 10 heteroatoms. The highest BCUT2D eigenvalue weighted by Gasteiger charge is 2.53. The summed E-state index contributed by atoms with van der Waals surface area (Å²) in [6.45, 7) is 2.09. The molecule has 0 N–H and O–H groups in total. The minimum absolute atomic E-state index is 0.117. The van der Waals surface area contributed by atoms with Gasteiger partial charge in [-0.2, -0.15) is 5.10 Å². The summed E-state index contributed by atoms with van der Waals surface area (Å²) in [6, 6.07) is 32.4. The van der Waals surface area contributed by atoms with E-state index in [1.807, 2.05) is 60.7 Å². The van der Waals surface area contributed by atoms with Gasteiger partial charge in [0.15, 0.2) is 11.7 Å². The molecular weight excluding hydrogens is 611 g/mol. The van der Waals surface area contributed by atoms with E-state index in [1.165, 1.54) is 11.9 Å². The van der Waals surface area contributed by atoms with E-state index >= 15 is 0 Å². The molecule has 8 rings (SSSR count). The molecule has 2 unspecified atom stereocenters. The standard InChI is InChI=1S/C34H24Cl2N6OS/c1-21-6-15-28-23(16-21)17-27(33(39-28)41-20-37-19-38-41)31-18-34(24-9-13-26(36)14-10-24)42(29-4-2-3-5-30(29)44-31)32(40-43-34)22-7-11-25(35)12-8-22/h2-17,19-20,31H,18H2,1H3. The summed E-state index contributed by atoms with van der Waals surface area (Å²) in [5.41, 5.74) is 4.91. The van der Waals surface area contributed by atoms with Crippen molar-refractivity contribution in [2.24, 2.45) is 5.16 Å². The van der Waals surface area contributed by atoms with Crippen LogP contribution in [0.5, 0.6) is 0 Å². The molecule has 2 atom stereocenters. The van der Waals surface area contributed by atoms with Gasteiger partial charge in [0, 0.05) is 48.7 Å². The normalized spacial score (nSPS) is 19.2. The topological polar surface area (TPSA) is 68.4 Å². The number of thioether (sulfide) groups is 1. The van der Waals surface area contributed by atoms with Crippen molar-refractivity contribution in [2.45, 2.75) is 29.2 Å². The second-order valence-corrected chi connectivity index (χ2v) is 13.0. The van der Waals surface area contributed by atoms with Gasteiger partial charge in [0.1, 0.15) is 12.7 Å². The van der Waals surface area contributed by atoms with E-state index in [0.717, 1.165) is 44.0 Å². The lowest BCUT2D eigenvalue weighted by Gasteiger charge is -2.38. The number of aryl methyl sites for hydroxylation is 1. The maximum atomic E-state index is 6.66. The monoisotopic (exact) mass is 634 g/mol. The van der Waals surface area contributed by atoms with E-state index in [0.29, 0.717) is 22.3 Å². The minimum Gasteiger partial charge on any atom is -0.360 e. The van der Waals surface area contributed by atoms with Gasteiger partial charge in [0.2, 0.25) is 5.72 Å². The van der Waals surface area contributed by atoms with Crippen LogP contribution in [0.2, 0.25) is 10.0 Å². The van der Waals surface area contributed by atoms with Gasteiger partial charge in [0.05, 0.1) is 11.2 Å². The van der Waals surface area contributed by atoms with Crippen molar-refractivity contribution in [1.29, 1.82) is 0 Å². The smallest absolute Gasteiger partial charge is 0.242 e. The Balaban J connectivity index is 1.37. The third kappa shape index (κ3) is 4.53. The Morgan fingerprint density at radius 2 is 1.68 bits per heavy atom.